The summed E-state index contributed by atoms with van der Waals surface area (Å²) in [6.45, 7) is 1.31. The van der Waals surface area contributed by atoms with Crippen molar-refractivity contribution in [2.45, 2.75) is 75.4 Å². The molecule has 13 heteroatoms. The van der Waals surface area contributed by atoms with E-state index in [1.807, 2.05) is 0 Å². The summed E-state index contributed by atoms with van der Waals surface area (Å²) in [5.74, 6) is -0.547. The second kappa shape index (κ2) is 10.1. The molecule has 0 spiro atoms. The lowest BCUT2D eigenvalue weighted by molar-refractivity contribution is -0.139. The van der Waals surface area contributed by atoms with Crippen LogP contribution in [0, 0.1) is 0 Å². The van der Waals surface area contributed by atoms with Gasteiger partial charge in [0.15, 0.2) is 0 Å². The first-order chi connectivity index (χ1) is 16.4. The van der Waals surface area contributed by atoms with Crippen molar-refractivity contribution in [1.82, 2.24) is 14.6 Å². The van der Waals surface area contributed by atoms with Crippen LogP contribution in [0.2, 0.25) is 0 Å². The molecule has 3 aliphatic heterocycles. The van der Waals surface area contributed by atoms with Gasteiger partial charge >= 0.3 is 12.3 Å². The Bertz CT molecular complexity index is 1030. The Labute approximate surface area is 202 Å². The topological polar surface area (TPSA) is 107 Å². The fourth-order valence-corrected chi connectivity index (χ4v) is 5.99. The SMILES string of the molecule is C[C@@H]1C[C@H](NS(C)(=O)=O)[C@@H]2COC3CCC(CC3)c3ccc(C(F)(F)F)c(n3)OCCOC(=O)N12. The van der Waals surface area contributed by atoms with E-state index in [-0.39, 0.29) is 37.9 Å². The maximum Gasteiger partial charge on any atom is 0.421 e. The fourth-order valence-electron chi connectivity index (χ4n) is 5.18. The summed E-state index contributed by atoms with van der Waals surface area (Å²) in [7, 11) is -3.53. The molecule has 4 aliphatic rings. The Balaban J connectivity index is 1.58. The van der Waals surface area contributed by atoms with Crippen molar-refractivity contribution < 1.29 is 40.6 Å². The van der Waals surface area contributed by atoms with Crippen LogP contribution in [-0.2, 0) is 25.7 Å². The normalized spacial score (nSPS) is 30.5. The zero-order chi connectivity index (χ0) is 25.4. The van der Waals surface area contributed by atoms with Gasteiger partial charge in [-0.05, 0) is 51.2 Å². The monoisotopic (exact) mass is 521 g/mol. The molecule has 196 valence electrons. The molecule has 4 bridgehead atoms. The Morgan fingerprint density at radius 1 is 1.11 bits per heavy atom. The summed E-state index contributed by atoms with van der Waals surface area (Å²) in [6, 6.07) is 0.925. The van der Waals surface area contributed by atoms with Crippen LogP contribution >= 0.6 is 0 Å². The molecule has 9 nitrogen and oxygen atoms in total. The molecule has 5 rings (SSSR count). The van der Waals surface area contributed by atoms with Gasteiger partial charge in [0.05, 0.1) is 25.0 Å². The number of nitrogens with zero attached hydrogens (tertiary/aromatic N) is 2. The number of alkyl halides is 3. The molecule has 35 heavy (non-hydrogen) atoms. The van der Waals surface area contributed by atoms with Gasteiger partial charge in [-0.2, -0.15) is 13.2 Å². The molecule has 0 aromatic carbocycles. The Kier molecular flexibility index (Phi) is 7.49. The summed E-state index contributed by atoms with van der Waals surface area (Å²) in [4.78, 5) is 18.5. The molecule has 3 atom stereocenters. The summed E-state index contributed by atoms with van der Waals surface area (Å²) in [5, 5.41) is 0. The minimum atomic E-state index is -4.64. The zero-order valence-electron chi connectivity index (χ0n) is 19.6. The third-order valence-corrected chi connectivity index (χ3v) is 7.53. The van der Waals surface area contributed by atoms with Gasteiger partial charge in [-0.15, -0.1) is 0 Å². The summed E-state index contributed by atoms with van der Waals surface area (Å²) < 4.78 is 83.6. The van der Waals surface area contributed by atoms with Crippen molar-refractivity contribution in [2.24, 2.45) is 0 Å². The molecule has 1 N–H and O–H groups in total. The maximum atomic E-state index is 13.5. The van der Waals surface area contributed by atoms with E-state index >= 15 is 0 Å². The van der Waals surface area contributed by atoms with Crippen molar-refractivity contribution in [1.29, 1.82) is 0 Å². The third-order valence-electron chi connectivity index (χ3n) is 6.80. The highest BCUT2D eigenvalue weighted by molar-refractivity contribution is 7.88. The number of pyridine rings is 1. The van der Waals surface area contributed by atoms with Crippen LogP contribution < -0.4 is 9.46 Å². The van der Waals surface area contributed by atoms with Crippen LogP contribution in [0.5, 0.6) is 5.88 Å². The number of halogens is 3. The van der Waals surface area contributed by atoms with Crippen LogP contribution in [0.1, 0.15) is 56.2 Å². The largest absolute Gasteiger partial charge is 0.474 e. The molecule has 4 heterocycles. The van der Waals surface area contributed by atoms with Crippen LogP contribution in [0.15, 0.2) is 12.1 Å². The van der Waals surface area contributed by atoms with E-state index in [9.17, 15) is 26.4 Å². The lowest BCUT2D eigenvalue weighted by atomic mass is 9.85. The van der Waals surface area contributed by atoms with Gasteiger partial charge in [-0.1, -0.05) is 0 Å². The van der Waals surface area contributed by atoms with Gasteiger partial charge < -0.3 is 14.2 Å². The van der Waals surface area contributed by atoms with Crippen molar-refractivity contribution in [2.75, 3.05) is 26.1 Å². The molecule has 1 amide bonds. The number of carbonyl (C=O) groups is 1. The van der Waals surface area contributed by atoms with E-state index in [1.54, 1.807) is 6.92 Å². The summed E-state index contributed by atoms with van der Waals surface area (Å²) in [6.07, 6.45) is -1.32. The third kappa shape index (κ3) is 6.18. The van der Waals surface area contributed by atoms with Gasteiger partial charge in [0.1, 0.15) is 18.8 Å². The first kappa shape index (κ1) is 26.0. The molecular formula is C22H30F3N3O6S. The van der Waals surface area contributed by atoms with Crippen molar-refractivity contribution in [3.63, 3.8) is 0 Å². The van der Waals surface area contributed by atoms with Crippen LogP contribution in [-0.4, -0.2) is 74.7 Å². The Morgan fingerprint density at radius 2 is 1.80 bits per heavy atom. The maximum absolute atomic E-state index is 13.5. The molecule has 1 aliphatic carbocycles. The molecule has 1 saturated heterocycles. The van der Waals surface area contributed by atoms with Gasteiger partial charge in [-0.25, -0.2) is 22.9 Å². The van der Waals surface area contributed by atoms with Gasteiger partial charge in [-0.3, -0.25) is 4.90 Å². The zero-order valence-corrected chi connectivity index (χ0v) is 20.4. The predicted octanol–water partition coefficient (Wildman–Crippen LogP) is 3.05. The van der Waals surface area contributed by atoms with Gasteiger partial charge in [0.2, 0.25) is 15.9 Å². The highest BCUT2D eigenvalue weighted by atomic mass is 32.2. The highest BCUT2D eigenvalue weighted by Crippen LogP contribution is 2.39. The van der Waals surface area contributed by atoms with Crippen molar-refractivity contribution in [3.8, 4) is 5.88 Å². The second-order valence-corrected chi connectivity index (χ2v) is 11.2. The van der Waals surface area contributed by atoms with E-state index in [1.165, 1.54) is 11.0 Å². The van der Waals surface area contributed by atoms with E-state index in [4.69, 9.17) is 14.2 Å². The van der Waals surface area contributed by atoms with E-state index in [0.29, 0.717) is 37.8 Å². The number of sulfonamides is 1. The number of amides is 1. The van der Waals surface area contributed by atoms with E-state index in [2.05, 4.69) is 9.71 Å². The molecule has 0 unspecified atom stereocenters. The minimum Gasteiger partial charge on any atom is -0.474 e. The van der Waals surface area contributed by atoms with E-state index < -0.39 is 45.8 Å². The number of fused-ring (bicyclic) bond motifs is 7. The first-order valence-electron chi connectivity index (χ1n) is 11.7. The average Bonchev–Trinajstić information content (AvgIpc) is 3.07. The summed E-state index contributed by atoms with van der Waals surface area (Å²) >= 11 is 0. The second-order valence-electron chi connectivity index (χ2n) is 9.41. The number of hydrogen-bond donors (Lipinski definition) is 1. The first-order valence-corrected chi connectivity index (χ1v) is 13.6. The van der Waals surface area contributed by atoms with Crippen molar-refractivity contribution >= 4 is 16.1 Å². The molecule has 1 aromatic rings. The lowest BCUT2D eigenvalue weighted by Gasteiger charge is -2.33. The Hall–Kier alpha value is -2.12. The smallest absolute Gasteiger partial charge is 0.421 e. The number of rotatable bonds is 2. The highest BCUT2D eigenvalue weighted by Gasteiger charge is 2.44. The number of carbonyl (C=O) groups excluding carboxylic acids is 1. The Morgan fingerprint density at radius 3 is 2.46 bits per heavy atom. The number of ether oxygens (including phenoxy) is 3. The van der Waals surface area contributed by atoms with Crippen LogP contribution in [0.4, 0.5) is 18.0 Å². The average molecular weight is 522 g/mol. The molecule has 2 fully saturated rings. The van der Waals surface area contributed by atoms with E-state index in [0.717, 1.165) is 12.3 Å². The quantitative estimate of drug-likeness (QED) is 0.638. The van der Waals surface area contributed by atoms with Crippen LogP contribution in [0.3, 0.4) is 0 Å². The predicted molar refractivity (Wildman–Crippen MR) is 119 cm³/mol. The van der Waals surface area contributed by atoms with Crippen molar-refractivity contribution in [3.05, 3.63) is 23.4 Å². The van der Waals surface area contributed by atoms with Crippen LogP contribution in [0.25, 0.3) is 0 Å². The summed E-state index contributed by atoms with van der Waals surface area (Å²) in [5.41, 5.74) is -0.447. The van der Waals surface area contributed by atoms with Gasteiger partial charge in [0.25, 0.3) is 0 Å². The molecule has 0 radical (unpaired) electrons. The number of hydrogen-bond acceptors (Lipinski definition) is 7. The number of aromatic nitrogens is 1. The molecular weight excluding hydrogens is 491 g/mol. The molecule has 1 aromatic heterocycles. The standard InChI is InChI=1S/C22H30F3N3O6S/c1-13-11-18(27-35(2,30)31)19-12-34-15-5-3-14(4-6-15)17-8-7-16(22(23,24)25)20(26-17)32-9-10-33-21(29)28(13)19/h7-8,13-15,18-19,27H,3-6,9-12H2,1-2H3/t13-,14?,15?,18+,19+/m1/s1. The minimum absolute atomic E-state index is 0.0205. The van der Waals surface area contributed by atoms with Gasteiger partial charge in [0, 0.05) is 23.7 Å². The lowest BCUT2D eigenvalue weighted by Crippen LogP contribution is -2.50. The molecule has 1 saturated carbocycles. The fraction of sp³-hybridized carbons (Fsp3) is 0.727. The number of nitrogens with one attached hydrogen (secondary N) is 1.